The van der Waals surface area contributed by atoms with Gasteiger partial charge >= 0.3 is 0 Å². The molecule has 1 N–H and O–H groups in total. The fourth-order valence-electron chi connectivity index (χ4n) is 5.47. The first-order chi connectivity index (χ1) is 17.0. The highest BCUT2D eigenvalue weighted by Gasteiger charge is 2.41. The highest BCUT2D eigenvalue weighted by Crippen LogP contribution is 2.49. The fourth-order valence-corrected chi connectivity index (χ4v) is 6.07. The Morgan fingerprint density at radius 3 is 2.37 bits per heavy atom. The van der Waals surface area contributed by atoms with Crippen molar-refractivity contribution >= 4 is 45.9 Å². The van der Waals surface area contributed by atoms with E-state index in [1.807, 2.05) is 25.1 Å². The second-order valence-electron chi connectivity index (χ2n) is 9.51. The average molecular weight is 504 g/mol. The lowest BCUT2D eigenvalue weighted by Crippen LogP contribution is -2.35. The molecule has 35 heavy (non-hydrogen) atoms. The molecule has 0 amide bonds. The monoisotopic (exact) mass is 503 g/mol. The molecule has 0 aromatic heterocycles. The Morgan fingerprint density at radius 1 is 0.914 bits per heavy atom. The van der Waals surface area contributed by atoms with Crippen LogP contribution in [-0.4, -0.2) is 18.4 Å². The second-order valence-corrected chi connectivity index (χ2v) is 10.6. The highest BCUT2D eigenvalue weighted by atomic mass is 35.5. The maximum Gasteiger partial charge on any atom is 0.197 e. The molecule has 3 aliphatic heterocycles. The lowest BCUT2D eigenvalue weighted by molar-refractivity contribution is 0.160. The highest BCUT2D eigenvalue weighted by molar-refractivity contribution is 6.68. The van der Waals surface area contributed by atoms with Crippen molar-refractivity contribution in [3.8, 4) is 5.75 Å². The number of anilines is 2. The van der Waals surface area contributed by atoms with Gasteiger partial charge in [-0.05, 0) is 68.1 Å². The Hall–Kier alpha value is -2.95. The van der Waals surface area contributed by atoms with Crippen molar-refractivity contribution in [3.05, 3.63) is 95.1 Å². The largest absolute Gasteiger partial charge is 0.473 e. The number of hydrogen-bond acceptors (Lipinski definition) is 4. The van der Waals surface area contributed by atoms with Crippen molar-refractivity contribution < 1.29 is 4.74 Å². The molecule has 4 nitrogen and oxygen atoms in total. The van der Waals surface area contributed by atoms with Crippen molar-refractivity contribution in [3.63, 3.8) is 0 Å². The molecule has 0 spiro atoms. The number of aliphatic imine (C=N–C) groups is 1. The van der Waals surface area contributed by atoms with Gasteiger partial charge in [0.15, 0.2) is 15.9 Å². The van der Waals surface area contributed by atoms with Gasteiger partial charge in [0.2, 0.25) is 0 Å². The van der Waals surface area contributed by atoms with Crippen LogP contribution in [-0.2, 0) is 10.6 Å². The molecule has 3 aromatic rings. The third-order valence-electron chi connectivity index (χ3n) is 7.18. The Kier molecular flexibility index (Phi) is 5.54. The van der Waals surface area contributed by atoms with E-state index in [1.54, 1.807) is 0 Å². The van der Waals surface area contributed by atoms with Gasteiger partial charge in [0.1, 0.15) is 5.75 Å². The van der Waals surface area contributed by atoms with E-state index < -0.39 is 10.6 Å². The predicted octanol–water partition coefficient (Wildman–Crippen LogP) is 7.46. The molecule has 6 rings (SSSR count). The van der Waals surface area contributed by atoms with E-state index in [4.69, 9.17) is 27.9 Å². The minimum absolute atomic E-state index is 0.281. The van der Waals surface area contributed by atoms with Crippen LogP contribution in [0, 0.1) is 0 Å². The van der Waals surface area contributed by atoms with E-state index in [-0.39, 0.29) is 5.29 Å². The molecule has 3 aliphatic rings. The minimum atomic E-state index is -0.987. The Bertz CT molecular complexity index is 1310. The number of benzene rings is 3. The SMILES string of the molecule is CC1(Cl)N=C(Cl)Nc2ccc3c(c21)C=CC(c1ccccc1)(c1ccc(N2CCCCC2)cc1)O3. The average Bonchev–Trinajstić information content (AvgIpc) is 2.88. The Labute approximate surface area is 216 Å². The molecule has 2 unspecified atom stereocenters. The summed E-state index contributed by atoms with van der Waals surface area (Å²) in [6, 6.07) is 23.1. The molecular formula is C29H27Cl2N3O. The quantitative estimate of drug-likeness (QED) is 0.297. The summed E-state index contributed by atoms with van der Waals surface area (Å²) in [5.74, 6) is 0.761. The number of rotatable bonds is 3. The normalized spacial score (nSPS) is 25.1. The second kappa shape index (κ2) is 8.61. The van der Waals surface area contributed by atoms with E-state index in [9.17, 15) is 0 Å². The van der Waals surface area contributed by atoms with Gasteiger partial charge in [-0.15, -0.1) is 0 Å². The van der Waals surface area contributed by atoms with Crippen LogP contribution in [0.2, 0.25) is 0 Å². The van der Waals surface area contributed by atoms with Crippen LogP contribution in [0.15, 0.2) is 77.8 Å². The minimum Gasteiger partial charge on any atom is -0.473 e. The van der Waals surface area contributed by atoms with E-state index >= 15 is 0 Å². The van der Waals surface area contributed by atoms with Gasteiger partial charge in [-0.25, -0.2) is 4.99 Å². The number of hydrogen-bond donors (Lipinski definition) is 1. The van der Waals surface area contributed by atoms with Gasteiger partial charge in [-0.3, -0.25) is 0 Å². The lowest BCUT2D eigenvalue weighted by atomic mass is 9.82. The van der Waals surface area contributed by atoms with Crippen molar-refractivity contribution in [2.75, 3.05) is 23.3 Å². The van der Waals surface area contributed by atoms with Crippen molar-refractivity contribution in [2.24, 2.45) is 4.99 Å². The zero-order valence-electron chi connectivity index (χ0n) is 19.6. The summed E-state index contributed by atoms with van der Waals surface area (Å²) >= 11 is 13.0. The predicted molar refractivity (Wildman–Crippen MR) is 146 cm³/mol. The smallest absolute Gasteiger partial charge is 0.197 e. The first kappa shape index (κ1) is 22.5. The number of alkyl halides is 1. The van der Waals surface area contributed by atoms with Gasteiger partial charge in [0.05, 0.1) is 0 Å². The number of ether oxygens (including phenoxy) is 1. The third kappa shape index (κ3) is 3.89. The summed E-state index contributed by atoms with van der Waals surface area (Å²) in [4.78, 5) is 5.90. The fraction of sp³-hybridized carbons (Fsp3) is 0.276. The Morgan fingerprint density at radius 2 is 1.63 bits per heavy atom. The van der Waals surface area contributed by atoms with Crippen LogP contribution in [0.4, 0.5) is 11.4 Å². The van der Waals surface area contributed by atoms with Crippen molar-refractivity contribution in [1.29, 1.82) is 0 Å². The number of nitrogens with one attached hydrogen (secondary N) is 1. The summed E-state index contributed by atoms with van der Waals surface area (Å²) in [6.45, 7) is 4.09. The molecule has 2 atom stereocenters. The van der Waals surface area contributed by atoms with Crippen LogP contribution in [0.1, 0.15) is 48.4 Å². The van der Waals surface area contributed by atoms with E-state index in [1.165, 1.54) is 24.9 Å². The molecular weight excluding hydrogens is 477 g/mol. The van der Waals surface area contributed by atoms with E-state index in [2.05, 4.69) is 75.9 Å². The zero-order chi connectivity index (χ0) is 24.0. The van der Waals surface area contributed by atoms with Crippen molar-refractivity contribution in [2.45, 2.75) is 36.8 Å². The molecule has 1 fully saturated rings. The number of piperidine rings is 1. The van der Waals surface area contributed by atoms with Gasteiger partial charge in [-0.2, -0.15) is 0 Å². The molecule has 0 bridgehead atoms. The number of amidine groups is 1. The van der Waals surface area contributed by atoms with Crippen LogP contribution in [0.5, 0.6) is 5.75 Å². The van der Waals surface area contributed by atoms with Crippen LogP contribution < -0.4 is 15.0 Å². The number of halogens is 2. The maximum atomic E-state index is 6.90. The van der Waals surface area contributed by atoms with Gasteiger partial charge < -0.3 is 15.0 Å². The lowest BCUT2D eigenvalue weighted by Gasteiger charge is -2.38. The number of nitrogens with zero attached hydrogens (tertiary/aromatic N) is 2. The van der Waals surface area contributed by atoms with Crippen LogP contribution in [0.3, 0.4) is 0 Å². The molecule has 6 heteroatoms. The van der Waals surface area contributed by atoms with Gasteiger partial charge in [-0.1, -0.05) is 60.1 Å². The molecule has 1 saturated heterocycles. The van der Waals surface area contributed by atoms with Crippen LogP contribution >= 0.6 is 23.2 Å². The van der Waals surface area contributed by atoms with E-state index in [0.29, 0.717) is 0 Å². The zero-order valence-corrected chi connectivity index (χ0v) is 21.1. The Balaban J connectivity index is 1.45. The summed E-state index contributed by atoms with van der Waals surface area (Å²) in [5.41, 5.74) is 5.28. The summed E-state index contributed by atoms with van der Waals surface area (Å²) < 4.78 is 6.90. The number of fused-ring (bicyclic) bond motifs is 3. The maximum absolute atomic E-state index is 6.90. The standard InChI is InChI=1S/C29H27Cl2N3O/c1-28(31)26-23-16-17-29(20-8-4-2-5-9-20,35-25(23)15-14-24(26)32-27(30)33-28)21-10-12-22(13-11-21)34-18-6-3-7-19-34/h2,4-5,8-17H,3,6-7,18-19H2,1H3,(H,32,33). The topological polar surface area (TPSA) is 36.9 Å². The molecule has 0 radical (unpaired) electrons. The summed E-state index contributed by atoms with van der Waals surface area (Å²) in [7, 11) is 0. The molecule has 3 aromatic carbocycles. The third-order valence-corrected chi connectivity index (χ3v) is 7.64. The van der Waals surface area contributed by atoms with Gasteiger partial charge in [0.25, 0.3) is 0 Å². The summed E-state index contributed by atoms with van der Waals surface area (Å²) in [6.07, 6.45) is 8.08. The molecule has 3 heterocycles. The van der Waals surface area contributed by atoms with Crippen LogP contribution in [0.25, 0.3) is 6.08 Å². The molecule has 178 valence electrons. The molecule has 0 aliphatic carbocycles. The van der Waals surface area contributed by atoms with E-state index in [0.717, 1.165) is 46.8 Å². The first-order valence-corrected chi connectivity index (χ1v) is 12.9. The van der Waals surface area contributed by atoms with Gasteiger partial charge in [0, 0.05) is 46.7 Å². The summed E-state index contributed by atoms with van der Waals surface area (Å²) in [5, 5.41) is 3.40. The first-order valence-electron chi connectivity index (χ1n) is 12.1. The molecule has 0 saturated carbocycles. The van der Waals surface area contributed by atoms with Crippen molar-refractivity contribution in [1.82, 2.24) is 0 Å².